The Bertz CT molecular complexity index is 1420. The van der Waals surface area contributed by atoms with Crippen LogP contribution >= 0.6 is 23.2 Å². The number of carbonyl (C=O) groups excluding carboxylic acids is 1. The molecule has 216 valence electrons. The summed E-state index contributed by atoms with van der Waals surface area (Å²) < 4.78 is 31.5. The van der Waals surface area contributed by atoms with Crippen LogP contribution in [0.2, 0.25) is 10.0 Å². The van der Waals surface area contributed by atoms with E-state index in [2.05, 4.69) is 5.32 Å². The number of nitrogens with zero attached hydrogens (tertiary/aromatic N) is 1. The molecule has 41 heavy (non-hydrogen) atoms. The SMILES string of the molecule is COc1ccc(F)c(CN(C(=O)C2=C(c3ccc(OCCOc4c(Cl)cc(C)cc4Cl)cc3)CCNC2)C2CC2)c1. The minimum atomic E-state index is -0.341. The van der Waals surface area contributed by atoms with Crippen LogP contribution in [-0.4, -0.2) is 50.3 Å². The summed E-state index contributed by atoms with van der Waals surface area (Å²) in [5, 5.41) is 4.27. The second kappa shape index (κ2) is 13.1. The van der Waals surface area contributed by atoms with Gasteiger partial charge in [0.2, 0.25) is 0 Å². The number of amides is 1. The van der Waals surface area contributed by atoms with Gasteiger partial charge in [-0.25, -0.2) is 4.39 Å². The minimum absolute atomic E-state index is 0.0529. The van der Waals surface area contributed by atoms with Crippen molar-refractivity contribution >= 4 is 34.7 Å². The summed E-state index contributed by atoms with van der Waals surface area (Å²) >= 11 is 12.5. The third kappa shape index (κ3) is 7.15. The summed E-state index contributed by atoms with van der Waals surface area (Å²) in [5.41, 5.74) is 4.11. The smallest absolute Gasteiger partial charge is 0.251 e. The van der Waals surface area contributed by atoms with E-state index in [9.17, 15) is 9.18 Å². The van der Waals surface area contributed by atoms with Crippen molar-refractivity contribution in [2.24, 2.45) is 0 Å². The molecule has 1 aliphatic carbocycles. The number of halogens is 3. The molecule has 2 aliphatic rings. The summed E-state index contributed by atoms with van der Waals surface area (Å²) in [6.45, 7) is 3.96. The molecular formula is C32H33Cl2FN2O4. The Labute approximate surface area is 250 Å². The predicted molar refractivity (Wildman–Crippen MR) is 160 cm³/mol. The first-order valence-electron chi connectivity index (χ1n) is 13.7. The highest BCUT2D eigenvalue weighted by atomic mass is 35.5. The molecule has 1 heterocycles. The standard InChI is InChI=1S/C32H33Cl2FN2O4/c1-20-15-28(33)31(29(34)16-20)41-14-13-40-24-7-3-21(4-8-24)26-11-12-36-18-27(26)32(38)37(23-5-6-23)19-22-17-25(39-2)9-10-30(22)35/h3-4,7-10,15-17,23,36H,5-6,11-14,18-19H2,1-2H3. The van der Waals surface area contributed by atoms with Gasteiger partial charge >= 0.3 is 0 Å². The number of hydrogen-bond donors (Lipinski definition) is 1. The van der Waals surface area contributed by atoms with Gasteiger partial charge in [0.1, 0.15) is 30.5 Å². The van der Waals surface area contributed by atoms with Crippen molar-refractivity contribution in [1.82, 2.24) is 10.2 Å². The van der Waals surface area contributed by atoms with E-state index >= 15 is 0 Å². The molecule has 1 N–H and O–H groups in total. The lowest BCUT2D eigenvalue weighted by molar-refractivity contribution is -0.128. The Morgan fingerprint density at radius 2 is 1.68 bits per heavy atom. The third-order valence-electron chi connectivity index (χ3n) is 7.26. The zero-order valence-corrected chi connectivity index (χ0v) is 24.7. The van der Waals surface area contributed by atoms with Gasteiger partial charge in [-0.15, -0.1) is 0 Å². The first-order chi connectivity index (χ1) is 19.8. The molecule has 9 heteroatoms. The topological polar surface area (TPSA) is 60.0 Å². The van der Waals surface area contributed by atoms with Crippen LogP contribution in [0.5, 0.6) is 17.2 Å². The van der Waals surface area contributed by atoms with Gasteiger partial charge in [0.25, 0.3) is 5.91 Å². The first kappa shape index (κ1) is 29.2. The Morgan fingerprint density at radius 3 is 2.37 bits per heavy atom. The van der Waals surface area contributed by atoms with Gasteiger partial charge in [0.15, 0.2) is 5.75 Å². The highest BCUT2D eigenvalue weighted by molar-refractivity contribution is 6.37. The van der Waals surface area contributed by atoms with Gasteiger partial charge in [-0.3, -0.25) is 4.79 Å². The van der Waals surface area contributed by atoms with Gasteiger partial charge in [0, 0.05) is 30.3 Å². The number of ether oxygens (including phenoxy) is 3. The number of benzene rings is 3. The third-order valence-corrected chi connectivity index (χ3v) is 7.82. The molecule has 0 saturated heterocycles. The zero-order chi connectivity index (χ0) is 28.9. The van der Waals surface area contributed by atoms with Crippen LogP contribution in [0.3, 0.4) is 0 Å². The van der Waals surface area contributed by atoms with E-state index < -0.39 is 0 Å². The monoisotopic (exact) mass is 598 g/mol. The Balaban J connectivity index is 1.26. The molecule has 3 aromatic rings. The van der Waals surface area contributed by atoms with E-state index in [1.54, 1.807) is 31.4 Å². The van der Waals surface area contributed by atoms with Crippen molar-refractivity contribution in [1.29, 1.82) is 0 Å². The normalized spacial score (nSPS) is 15.0. The number of aryl methyl sites for hydroxylation is 1. The van der Waals surface area contributed by atoms with E-state index in [-0.39, 0.29) is 30.9 Å². The van der Waals surface area contributed by atoms with Crippen LogP contribution in [0, 0.1) is 12.7 Å². The van der Waals surface area contributed by atoms with Crippen molar-refractivity contribution in [3.8, 4) is 17.2 Å². The van der Waals surface area contributed by atoms with Crippen LogP contribution in [0.25, 0.3) is 5.57 Å². The molecule has 1 amide bonds. The molecule has 6 nitrogen and oxygen atoms in total. The van der Waals surface area contributed by atoms with Crippen molar-refractivity contribution < 1.29 is 23.4 Å². The van der Waals surface area contributed by atoms with E-state index in [1.807, 2.05) is 36.1 Å². The molecule has 0 bridgehead atoms. The quantitative estimate of drug-likeness (QED) is 0.245. The lowest BCUT2D eigenvalue weighted by Crippen LogP contribution is -2.39. The second-order valence-corrected chi connectivity index (χ2v) is 11.1. The van der Waals surface area contributed by atoms with Crippen molar-refractivity contribution in [2.45, 2.75) is 38.8 Å². The van der Waals surface area contributed by atoms with Crippen LogP contribution in [0.15, 0.2) is 60.2 Å². The van der Waals surface area contributed by atoms with Crippen LogP contribution in [0.4, 0.5) is 4.39 Å². The fraction of sp³-hybridized carbons (Fsp3) is 0.344. The van der Waals surface area contributed by atoms with E-state index in [0.717, 1.165) is 48.1 Å². The summed E-state index contributed by atoms with van der Waals surface area (Å²) in [6, 6.07) is 16.1. The van der Waals surface area contributed by atoms with Gasteiger partial charge in [0.05, 0.1) is 17.2 Å². The van der Waals surface area contributed by atoms with Crippen molar-refractivity contribution in [3.63, 3.8) is 0 Å². The average molecular weight is 600 g/mol. The number of hydrogen-bond acceptors (Lipinski definition) is 5. The van der Waals surface area contributed by atoms with Crippen LogP contribution in [0.1, 0.15) is 36.0 Å². The van der Waals surface area contributed by atoms with E-state index in [1.165, 1.54) is 6.07 Å². The molecule has 5 rings (SSSR count). The molecule has 1 saturated carbocycles. The predicted octanol–water partition coefficient (Wildman–Crippen LogP) is 6.85. The summed E-state index contributed by atoms with van der Waals surface area (Å²) in [6.07, 6.45) is 2.57. The van der Waals surface area contributed by atoms with Gasteiger partial charge in [-0.2, -0.15) is 0 Å². The highest BCUT2D eigenvalue weighted by Gasteiger charge is 2.35. The van der Waals surface area contributed by atoms with E-state index in [4.69, 9.17) is 37.4 Å². The van der Waals surface area contributed by atoms with Crippen molar-refractivity contribution in [2.75, 3.05) is 33.4 Å². The first-order valence-corrected chi connectivity index (χ1v) is 14.5. The fourth-order valence-corrected chi connectivity index (χ4v) is 5.70. The molecule has 0 spiro atoms. The second-order valence-electron chi connectivity index (χ2n) is 10.3. The molecule has 0 unspecified atom stereocenters. The molecule has 3 aromatic carbocycles. The number of rotatable bonds is 11. The van der Waals surface area contributed by atoms with Crippen molar-refractivity contribution in [3.05, 3.63) is 92.7 Å². The summed E-state index contributed by atoms with van der Waals surface area (Å²) in [4.78, 5) is 15.7. The molecule has 0 radical (unpaired) electrons. The molecule has 1 aliphatic heterocycles. The maximum Gasteiger partial charge on any atom is 0.251 e. The van der Waals surface area contributed by atoms with E-state index in [0.29, 0.717) is 46.0 Å². The fourth-order valence-electron chi connectivity index (χ4n) is 5.00. The molecule has 1 fully saturated rings. The van der Waals surface area contributed by atoms with Gasteiger partial charge < -0.3 is 24.4 Å². The van der Waals surface area contributed by atoms with Gasteiger partial charge in [-0.1, -0.05) is 35.3 Å². The van der Waals surface area contributed by atoms with Gasteiger partial charge in [-0.05, 0) is 91.9 Å². The summed E-state index contributed by atoms with van der Waals surface area (Å²) in [7, 11) is 1.55. The lowest BCUT2D eigenvalue weighted by atomic mass is 9.93. The molecule has 0 aromatic heterocycles. The summed E-state index contributed by atoms with van der Waals surface area (Å²) in [5.74, 6) is 1.31. The maximum atomic E-state index is 14.6. The number of carbonyl (C=O) groups is 1. The average Bonchev–Trinajstić information content (AvgIpc) is 3.81. The lowest BCUT2D eigenvalue weighted by Gasteiger charge is -2.28. The number of methoxy groups -OCH3 is 1. The van der Waals surface area contributed by atoms with Crippen LogP contribution in [-0.2, 0) is 11.3 Å². The highest BCUT2D eigenvalue weighted by Crippen LogP contribution is 2.35. The van der Waals surface area contributed by atoms with Crippen LogP contribution < -0.4 is 19.5 Å². The maximum absolute atomic E-state index is 14.6. The number of nitrogens with one attached hydrogen (secondary N) is 1. The Morgan fingerprint density at radius 1 is 1.00 bits per heavy atom. The Kier molecular flexibility index (Phi) is 9.38. The molecule has 0 atom stereocenters. The Hall–Kier alpha value is -3.26. The molecular weight excluding hydrogens is 566 g/mol. The zero-order valence-electron chi connectivity index (χ0n) is 23.1. The minimum Gasteiger partial charge on any atom is -0.497 e. The largest absolute Gasteiger partial charge is 0.497 e.